The van der Waals surface area contributed by atoms with Gasteiger partial charge in [0.1, 0.15) is 22.5 Å². The Hall–Kier alpha value is -2.90. The molecule has 8 nitrogen and oxygen atoms in total. The Morgan fingerprint density at radius 1 is 1.00 bits per heavy atom. The van der Waals surface area contributed by atoms with E-state index in [1.54, 1.807) is 39.8 Å². The highest BCUT2D eigenvalue weighted by molar-refractivity contribution is 6.02. The standard InChI is InChI=1S/C17H20N2O6/c1-5-23-10-7-8-11(24-6-2)13-12(10)18-14(16(20)21)15(19-13)17(22)25-9(3)4/h7-9H,5-6H2,1-4H3,(H,20,21). The molecule has 0 radical (unpaired) electrons. The van der Waals surface area contributed by atoms with Crippen molar-refractivity contribution in [1.29, 1.82) is 0 Å². The number of carboxylic acid groups (broad SMARTS) is 1. The predicted octanol–water partition coefficient (Wildman–Crippen LogP) is 2.69. The number of rotatable bonds is 7. The molecule has 0 saturated heterocycles. The molecule has 0 saturated carbocycles. The number of nitrogens with zero attached hydrogens (tertiary/aromatic N) is 2. The van der Waals surface area contributed by atoms with E-state index in [-0.39, 0.29) is 16.7 Å². The fourth-order valence-corrected chi connectivity index (χ4v) is 2.19. The maximum Gasteiger partial charge on any atom is 0.359 e. The molecule has 0 fully saturated rings. The Kier molecular flexibility index (Phi) is 5.74. The highest BCUT2D eigenvalue weighted by Gasteiger charge is 2.26. The number of esters is 1. The average Bonchev–Trinajstić information content (AvgIpc) is 2.55. The minimum absolute atomic E-state index is 0.214. The summed E-state index contributed by atoms with van der Waals surface area (Å²) in [4.78, 5) is 32.1. The Labute approximate surface area is 144 Å². The zero-order valence-corrected chi connectivity index (χ0v) is 14.5. The fraction of sp³-hybridized carbons (Fsp3) is 0.412. The zero-order valence-electron chi connectivity index (χ0n) is 14.5. The van der Waals surface area contributed by atoms with Gasteiger partial charge in [0.2, 0.25) is 0 Å². The summed E-state index contributed by atoms with van der Waals surface area (Å²) >= 11 is 0. The summed E-state index contributed by atoms with van der Waals surface area (Å²) in [5.41, 5.74) is -0.407. The van der Waals surface area contributed by atoms with Crippen molar-refractivity contribution in [2.75, 3.05) is 13.2 Å². The number of aromatic nitrogens is 2. The molecule has 0 aliphatic rings. The van der Waals surface area contributed by atoms with Crippen LogP contribution in [0.5, 0.6) is 11.5 Å². The van der Waals surface area contributed by atoms with Gasteiger partial charge in [-0.15, -0.1) is 0 Å². The second kappa shape index (κ2) is 7.78. The summed E-state index contributed by atoms with van der Waals surface area (Å²) in [5.74, 6) is -1.50. The normalized spacial score (nSPS) is 10.8. The van der Waals surface area contributed by atoms with Crippen molar-refractivity contribution < 1.29 is 28.9 Å². The van der Waals surface area contributed by atoms with E-state index in [0.717, 1.165) is 0 Å². The van der Waals surface area contributed by atoms with Gasteiger partial charge in [0.05, 0.1) is 19.3 Å². The average molecular weight is 348 g/mol. The Balaban J connectivity index is 2.75. The largest absolute Gasteiger partial charge is 0.492 e. The van der Waals surface area contributed by atoms with E-state index < -0.39 is 23.7 Å². The lowest BCUT2D eigenvalue weighted by Gasteiger charge is -2.14. The van der Waals surface area contributed by atoms with E-state index >= 15 is 0 Å². The van der Waals surface area contributed by atoms with Crippen molar-refractivity contribution in [3.8, 4) is 11.5 Å². The lowest BCUT2D eigenvalue weighted by atomic mass is 10.2. The van der Waals surface area contributed by atoms with Gasteiger partial charge in [-0.1, -0.05) is 0 Å². The summed E-state index contributed by atoms with van der Waals surface area (Å²) in [6.45, 7) is 7.65. The van der Waals surface area contributed by atoms with Gasteiger partial charge in [0.15, 0.2) is 11.4 Å². The monoisotopic (exact) mass is 348 g/mol. The lowest BCUT2D eigenvalue weighted by Crippen LogP contribution is -2.19. The molecule has 134 valence electrons. The van der Waals surface area contributed by atoms with E-state index in [1.807, 2.05) is 0 Å². The molecule has 0 spiro atoms. The topological polar surface area (TPSA) is 108 Å². The smallest absolute Gasteiger partial charge is 0.359 e. The van der Waals surface area contributed by atoms with Crippen molar-refractivity contribution >= 4 is 23.0 Å². The van der Waals surface area contributed by atoms with Gasteiger partial charge in [-0.2, -0.15) is 0 Å². The summed E-state index contributed by atoms with van der Waals surface area (Å²) in [7, 11) is 0. The van der Waals surface area contributed by atoms with Crippen LogP contribution >= 0.6 is 0 Å². The first-order valence-corrected chi connectivity index (χ1v) is 7.93. The maximum absolute atomic E-state index is 12.2. The molecule has 0 atom stereocenters. The lowest BCUT2D eigenvalue weighted by molar-refractivity contribution is 0.0363. The van der Waals surface area contributed by atoms with Gasteiger partial charge in [-0.05, 0) is 39.8 Å². The van der Waals surface area contributed by atoms with E-state index in [1.165, 1.54) is 0 Å². The zero-order chi connectivity index (χ0) is 18.6. The molecule has 1 aromatic heterocycles. The van der Waals surface area contributed by atoms with Crippen LogP contribution in [0.2, 0.25) is 0 Å². The SMILES string of the molecule is CCOc1ccc(OCC)c2nc(C(=O)OC(C)C)c(C(=O)O)nc12. The Bertz CT molecular complexity index is 803. The minimum atomic E-state index is -1.38. The first-order valence-electron chi connectivity index (χ1n) is 7.93. The van der Waals surface area contributed by atoms with E-state index in [4.69, 9.17) is 14.2 Å². The van der Waals surface area contributed by atoms with Crippen molar-refractivity contribution in [2.24, 2.45) is 0 Å². The van der Waals surface area contributed by atoms with Crippen LogP contribution in [-0.4, -0.2) is 46.3 Å². The molecule has 2 rings (SSSR count). The molecule has 25 heavy (non-hydrogen) atoms. The van der Waals surface area contributed by atoms with E-state index in [0.29, 0.717) is 24.7 Å². The molecule has 1 N–H and O–H groups in total. The molecule has 1 aromatic carbocycles. The third-order valence-electron chi connectivity index (χ3n) is 3.09. The third kappa shape index (κ3) is 3.96. The van der Waals surface area contributed by atoms with Gasteiger partial charge in [-0.3, -0.25) is 0 Å². The van der Waals surface area contributed by atoms with Crippen LogP contribution in [0.3, 0.4) is 0 Å². The van der Waals surface area contributed by atoms with Gasteiger partial charge >= 0.3 is 11.9 Å². The summed E-state index contributed by atoms with van der Waals surface area (Å²) in [6.07, 6.45) is -0.423. The number of carboxylic acids is 1. The number of carbonyl (C=O) groups excluding carboxylic acids is 1. The molecule has 1 heterocycles. The molecular weight excluding hydrogens is 328 g/mol. The number of hydrogen-bond acceptors (Lipinski definition) is 7. The van der Waals surface area contributed by atoms with Gasteiger partial charge in [-0.25, -0.2) is 19.6 Å². The molecule has 0 bridgehead atoms. The summed E-state index contributed by atoms with van der Waals surface area (Å²) in [5, 5.41) is 9.42. The third-order valence-corrected chi connectivity index (χ3v) is 3.09. The second-order valence-corrected chi connectivity index (χ2v) is 5.31. The number of ether oxygens (including phenoxy) is 3. The summed E-state index contributed by atoms with van der Waals surface area (Å²) in [6, 6.07) is 3.27. The van der Waals surface area contributed by atoms with Crippen LogP contribution in [0.15, 0.2) is 12.1 Å². The van der Waals surface area contributed by atoms with Crippen molar-refractivity contribution in [3.63, 3.8) is 0 Å². The van der Waals surface area contributed by atoms with Gasteiger partial charge in [0.25, 0.3) is 0 Å². The minimum Gasteiger partial charge on any atom is -0.492 e. The van der Waals surface area contributed by atoms with Crippen LogP contribution in [0.25, 0.3) is 11.0 Å². The Morgan fingerprint density at radius 2 is 1.48 bits per heavy atom. The number of hydrogen-bond donors (Lipinski definition) is 1. The van der Waals surface area contributed by atoms with E-state index in [9.17, 15) is 14.7 Å². The molecule has 0 unspecified atom stereocenters. The highest BCUT2D eigenvalue weighted by Crippen LogP contribution is 2.31. The van der Waals surface area contributed by atoms with Crippen LogP contribution in [-0.2, 0) is 4.74 Å². The Morgan fingerprint density at radius 3 is 1.88 bits per heavy atom. The summed E-state index contributed by atoms with van der Waals surface area (Å²) < 4.78 is 16.1. The van der Waals surface area contributed by atoms with Crippen LogP contribution in [0.1, 0.15) is 48.7 Å². The molecule has 0 amide bonds. The molecule has 2 aromatic rings. The quantitative estimate of drug-likeness (QED) is 0.761. The van der Waals surface area contributed by atoms with Gasteiger partial charge in [0, 0.05) is 0 Å². The van der Waals surface area contributed by atoms with E-state index in [2.05, 4.69) is 9.97 Å². The maximum atomic E-state index is 12.2. The predicted molar refractivity (Wildman–Crippen MR) is 89.4 cm³/mol. The number of fused-ring (bicyclic) bond motifs is 1. The number of benzene rings is 1. The first kappa shape index (κ1) is 18.4. The van der Waals surface area contributed by atoms with Gasteiger partial charge < -0.3 is 19.3 Å². The first-order chi connectivity index (χ1) is 11.9. The van der Waals surface area contributed by atoms with Crippen LogP contribution in [0, 0.1) is 0 Å². The van der Waals surface area contributed by atoms with Crippen LogP contribution < -0.4 is 9.47 Å². The molecule has 0 aliphatic carbocycles. The molecule has 0 aliphatic heterocycles. The number of carbonyl (C=O) groups is 2. The van der Waals surface area contributed by atoms with Crippen LogP contribution in [0.4, 0.5) is 0 Å². The highest BCUT2D eigenvalue weighted by atomic mass is 16.5. The van der Waals surface area contributed by atoms with Crippen molar-refractivity contribution in [2.45, 2.75) is 33.8 Å². The molecular formula is C17H20N2O6. The molecule has 8 heteroatoms. The van der Waals surface area contributed by atoms with Crippen molar-refractivity contribution in [3.05, 3.63) is 23.5 Å². The number of aromatic carboxylic acids is 1. The second-order valence-electron chi connectivity index (χ2n) is 5.31. The van der Waals surface area contributed by atoms with Crippen molar-refractivity contribution in [1.82, 2.24) is 9.97 Å². The fourth-order valence-electron chi connectivity index (χ4n) is 2.19.